The highest BCUT2D eigenvalue weighted by Crippen LogP contribution is 2.32. The Morgan fingerprint density at radius 1 is 1.00 bits per heavy atom. The number of rotatable bonds is 8. The summed E-state index contributed by atoms with van der Waals surface area (Å²) < 4.78 is 14.4. The quantitative estimate of drug-likeness (QED) is 0.226. The molecular weight excluding hydrogens is 558 g/mol. The molecule has 10 heteroatoms. The Labute approximate surface area is 244 Å². The van der Waals surface area contributed by atoms with E-state index in [-0.39, 0.29) is 5.56 Å². The van der Waals surface area contributed by atoms with E-state index in [4.69, 9.17) is 26.2 Å². The van der Waals surface area contributed by atoms with Gasteiger partial charge in [-0.1, -0.05) is 59.3 Å². The first kappa shape index (κ1) is 26.5. The van der Waals surface area contributed by atoms with Crippen molar-refractivity contribution in [3.05, 3.63) is 116 Å². The first-order valence-electron chi connectivity index (χ1n) is 12.8. The Morgan fingerprint density at radius 2 is 1.80 bits per heavy atom. The molecule has 3 aromatic heterocycles. The Morgan fingerprint density at radius 3 is 2.51 bits per heavy atom. The van der Waals surface area contributed by atoms with Crippen LogP contribution in [0.5, 0.6) is 11.5 Å². The fourth-order valence-corrected chi connectivity index (χ4v) is 5.44. The van der Waals surface area contributed by atoms with Crippen molar-refractivity contribution in [2.45, 2.75) is 6.92 Å². The molecule has 0 unspecified atom stereocenters. The van der Waals surface area contributed by atoms with Gasteiger partial charge in [-0.3, -0.25) is 4.79 Å². The molecule has 0 bridgehead atoms. The minimum Gasteiger partial charge on any atom is -0.497 e. The van der Waals surface area contributed by atoms with Crippen LogP contribution in [0.1, 0.15) is 23.9 Å². The van der Waals surface area contributed by atoms with Crippen LogP contribution in [0.25, 0.3) is 40.1 Å². The van der Waals surface area contributed by atoms with E-state index in [2.05, 4.69) is 10.1 Å². The summed E-state index contributed by atoms with van der Waals surface area (Å²) in [5, 5.41) is 9.75. The number of hydrogen-bond acceptors (Lipinski definition) is 7. The molecule has 6 rings (SSSR count). The highest BCUT2D eigenvalue weighted by molar-refractivity contribution is 7.15. The summed E-state index contributed by atoms with van der Waals surface area (Å²) in [6, 6.07) is 23.0. The third kappa shape index (κ3) is 5.50. The monoisotopic (exact) mass is 581 g/mol. The highest BCUT2D eigenvalue weighted by Gasteiger charge is 2.15. The van der Waals surface area contributed by atoms with E-state index in [1.807, 2.05) is 98.1 Å². The summed E-state index contributed by atoms with van der Waals surface area (Å²) in [6.07, 6.45) is 7.39. The van der Waals surface area contributed by atoms with Gasteiger partial charge in [-0.15, -0.1) is 5.10 Å². The first-order valence-corrected chi connectivity index (χ1v) is 14.0. The first-order chi connectivity index (χ1) is 20.0. The van der Waals surface area contributed by atoms with Crippen molar-refractivity contribution >= 4 is 46.1 Å². The molecule has 6 aromatic rings. The second-order valence-electron chi connectivity index (χ2n) is 8.98. The van der Waals surface area contributed by atoms with Crippen molar-refractivity contribution in [2.24, 2.45) is 0 Å². The van der Waals surface area contributed by atoms with Crippen LogP contribution in [-0.4, -0.2) is 38.1 Å². The SMILES string of the molecule is CCOc1ccc(-c2nn(-c3ccccc3)cc2/C=c2\sc3nc(/C=C/c4ccc(OC)cc4)nn3c2=O)cc1Cl. The van der Waals surface area contributed by atoms with Gasteiger partial charge in [-0.05, 0) is 67.1 Å². The summed E-state index contributed by atoms with van der Waals surface area (Å²) in [4.78, 5) is 18.4. The van der Waals surface area contributed by atoms with Crippen molar-refractivity contribution in [2.75, 3.05) is 13.7 Å². The summed E-state index contributed by atoms with van der Waals surface area (Å²) in [6.45, 7) is 2.42. The molecule has 0 saturated heterocycles. The summed E-state index contributed by atoms with van der Waals surface area (Å²) in [5.74, 6) is 1.85. The van der Waals surface area contributed by atoms with E-state index in [9.17, 15) is 4.79 Å². The molecule has 0 spiro atoms. The van der Waals surface area contributed by atoms with E-state index in [0.717, 1.165) is 28.1 Å². The number of ether oxygens (including phenoxy) is 2. The summed E-state index contributed by atoms with van der Waals surface area (Å²) >= 11 is 7.78. The van der Waals surface area contributed by atoms with Gasteiger partial charge in [0.05, 0.1) is 29.0 Å². The molecule has 0 N–H and O–H groups in total. The molecule has 0 atom stereocenters. The molecule has 0 saturated carbocycles. The number of para-hydroxylation sites is 1. The standard InChI is InChI=1S/C31H24ClN5O3S/c1-3-40-26-15-12-21(17-25(26)32)29-22(19-36(35-29)23-7-5-4-6-8-23)18-27-30(38)37-31(41-27)33-28(34-37)16-11-20-9-13-24(39-2)14-10-20/h4-19H,3H2,1-2H3/b16-11+,27-18-. The summed E-state index contributed by atoms with van der Waals surface area (Å²) in [5.41, 5.74) is 3.86. The molecule has 0 aliphatic heterocycles. The van der Waals surface area contributed by atoms with Crippen LogP contribution in [0, 0.1) is 0 Å². The van der Waals surface area contributed by atoms with E-state index >= 15 is 0 Å². The molecule has 3 heterocycles. The lowest BCUT2D eigenvalue weighted by molar-refractivity contribution is 0.340. The van der Waals surface area contributed by atoms with E-state index in [1.54, 1.807) is 17.9 Å². The fraction of sp³-hybridized carbons (Fsp3) is 0.0968. The lowest BCUT2D eigenvalue weighted by Gasteiger charge is -2.07. The smallest absolute Gasteiger partial charge is 0.291 e. The molecule has 0 aliphatic rings. The molecule has 3 aromatic carbocycles. The van der Waals surface area contributed by atoms with Crippen LogP contribution in [0.2, 0.25) is 5.02 Å². The van der Waals surface area contributed by atoms with Gasteiger partial charge in [0.25, 0.3) is 5.56 Å². The molecule has 41 heavy (non-hydrogen) atoms. The Balaban J connectivity index is 1.38. The van der Waals surface area contributed by atoms with E-state index in [0.29, 0.717) is 38.4 Å². The molecular formula is C31H24ClN5O3S. The van der Waals surface area contributed by atoms with Gasteiger partial charge in [0.15, 0.2) is 5.82 Å². The topological polar surface area (TPSA) is 83.5 Å². The van der Waals surface area contributed by atoms with Crippen LogP contribution in [-0.2, 0) is 0 Å². The van der Waals surface area contributed by atoms with Gasteiger partial charge in [0.1, 0.15) is 17.2 Å². The molecule has 204 valence electrons. The Hall–Kier alpha value is -4.73. The van der Waals surface area contributed by atoms with Gasteiger partial charge in [-0.25, -0.2) is 4.68 Å². The average molecular weight is 582 g/mol. The third-order valence-corrected chi connectivity index (χ3v) is 7.55. The number of methoxy groups -OCH3 is 1. The van der Waals surface area contributed by atoms with Crippen molar-refractivity contribution in [3.63, 3.8) is 0 Å². The van der Waals surface area contributed by atoms with Crippen molar-refractivity contribution < 1.29 is 9.47 Å². The maximum absolute atomic E-state index is 13.3. The van der Waals surface area contributed by atoms with Crippen LogP contribution >= 0.6 is 22.9 Å². The number of halogens is 1. The predicted octanol–water partition coefficient (Wildman–Crippen LogP) is 5.78. The number of benzene rings is 3. The van der Waals surface area contributed by atoms with Gasteiger partial charge in [0.2, 0.25) is 4.96 Å². The number of nitrogens with zero attached hydrogens (tertiary/aromatic N) is 5. The van der Waals surface area contributed by atoms with Crippen LogP contribution in [0.4, 0.5) is 0 Å². The van der Waals surface area contributed by atoms with Gasteiger partial charge in [0, 0.05) is 17.3 Å². The van der Waals surface area contributed by atoms with Crippen LogP contribution in [0.3, 0.4) is 0 Å². The third-order valence-electron chi connectivity index (χ3n) is 6.29. The van der Waals surface area contributed by atoms with Gasteiger partial charge >= 0.3 is 0 Å². The number of thiazole rings is 1. The van der Waals surface area contributed by atoms with Crippen LogP contribution in [0.15, 0.2) is 83.8 Å². The molecule has 0 aliphatic carbocycles. The molecule has 0 amide bonds. The average Bonchev–Trinajstić information content (AvgIpc) is 3.68. The normalized spacial score (nSPS) is 12.0. The molecule has 0 fully saturated rings. The zero-order chi connectivity index (χ0) is 28.3. The Bertz CT molecular complexity index is 1980. The largest absolute Gasteiger partial charge is 0.497 e. The minimum atomic E-state index is -0.246. The van der Waals surface area contributed by atoms with E-state index < -0.39 is 0 Å². The Kier molecular flexibility index (Phi) is 7.37. The minimum absolute atomic E-state index is 0.246. The van der Waals surface area contributed by atoms with Crippen LogP contribution < -0.4 is 19.6 Å². The maximum atomic E-state index is 13.3. The van der Waals surface area contributed by atoms with Crippen molar-refractivity contribution in [1.29, 1.82) is 0 Å². The van der Waals surface area contributed by atoms with Crippen molar-refractivity contribution in [3.8, 4) is 28.4 Å². The molecule has 8 nitrogen and oxygen atoms in total. The highest BCUT2D eigenvalue weighted by atomic mass is 35.5. The predicted molar refractivity (Wildman–Crippen MR) is 163 cm³/mol. The van der Waals surface area contributed by atoms with Gasteiger partial charge < -0.3 is 9.47 Å². The number of aromatic nitrogens is 5. The van der Waals surface area contributed by atoms with E-state index in [1.165, 1.54) is 15.9 Å². The zero-order valence-corrected chi connectivity index (χ0v) is 23.8. The summed E-state index contributed by atoms with van der Waals surface area (Å²) in [7, 11) is 1.63. The lowest BCUT2D eigenvalue weighted by Crippen LogP contribution is -2.23. The lowest BCUT2D eigenvalue weighted by atomic mass is 10.1. The van der Waals surface area contributed by atoms with Gasteiger partial charge in [-0.2, -0.15) is 14.6 Å². The molecule has 0 radical (unpaired) electrons. The maximum Gasteiger partial charge on any atom is 0.291 e. The second-order valence-corrected chi connectivity index (χ2v) is 10.4. The fourth-order valence-electron chi connectivity index (χ4n) is 4.30. The zero-order valence-electron chi connectivity index (χ0n) is 22.2. The number of fused-ring (bicyclic) bond motifs is 1. The van der Waals surface area contributed by atoms with Crippen molar-refractivity contribution in [1.82, 2.24) is 24.4 Å². The number of hydrogen-bond donors (Lipinski definition) is 0. The second kappa shape index (κ2) is 11.4.